The van der Waals surface area contributed by atoms with Crippen LogP contribution >= 0.6 is 0 Å². The minimum absolute atomic E-state index is 0.0343. The summed E-state index contributed by atoms with van der Waals surface area (Å²) >= 11 is 0. The van der Waals surface area contributed by atoms with Crippen molar-refractivity contribution >= 4 is 27.1 Å². The zero-order valence-electron chi connectivity index (χ0n) is 17.6. The summed E-state index contributed by atoms with van der Waals surface area (Å²) in [5.74, 6) is -0.623. The fourth-order valence-electron chi connectivity index (χ4n) is 3.10. The van der Waals surface area contributed by atoms with Crippen LogP contribution in [0, 0.1) is 21.4 Å². The van der Waals surface area contributed by atoms with Crippen LogP contribution < -0.4 is 10.1 Å². The lowest BCUT2D eigenvalue weighted by atomic mass is 10.2. The number of nitro groups is 1. The van der Waals surface area contributed by atoms with Gasteiger partial charge < -0.3 is 19.9 Å². The van der Waals surface area contributed by atoms with Crippen molar-refractivity contribution < 1.29 is 22.9 Å². The number of nitriles is 1. The second-order valence-corrected chi connectivity index (χ2v) is 9.58. The third-order valence-electron chi connectivity index (χ3n) is 4.79. The molecule has 31 heavy (non-hydrogen) atoms. The van der Waals surface area contributed by atoms with Gasteiger partial charge in [-0.1, -0.05) is 0 Å². The standard InChI is InChI=1S/C19H25N5O6S/c1-22(2)7-8-23(16-6-9-31(28,29)13-16)12-14(11-20)19(25)21-17-5-4-15(24(26)27)10-18(17)30-3/h4-5,10,12,16H,6-9,13H2,1-3H3,(H,21,25)/b14-12-. The van der Waals surface area contributed by atoms with Gasteiger partial charge in [0, 0.05) is 31.4 Å². The molecule has 1 aromatic rings. The maximum absolute atomic E-state index is 12.7. The van der Waals surface area contributed by atoms with Gasteiger partial charge in [-0.25, -0.2) is 8.42 Å². The number of nitrogens with one attached hydrogen (secondary N) is 1. The van der Waals surface area contributed by atoms with Crippen LogP contribution in [-0.2, 0) is 14.6 Å². The van der Waals surface area contributed by atoms with E-state index in [4.69, 9.17) is 4.74 Å². The molecule has 0 spiro atoms. The third kappa shape index (κ3) is 6.66. The lowest BCUT2D eigenvalue weighted by Gasteiger charge is -2.28. The molecule has 0 radical (unpaired) electrons. The minimum Gasteiger partial charge on any atom is -0.494 e. The van der Waals surface area contributed by atoms with E-state index in [-0.39, 0.29) is 40.2 Å². The van der Waals surface area contributed by atoms with Gasteiger partial charge in [-0.2, -0.15) is 5.26 Å². The number of nitro benzene ring substituents is 1. The van der Waals surface area contributed by atoms with Gasteiger partial charge in [0.15, 0.2) is 9.84 Å². The maximum Gasteiger partial charge on any atom is 0.273 e. The first-order valence-electron chi connectivity index (χ1n) is 9.43. The molecule has 0 aliphatic carbocycles. The zero-order valence-corrected chi connectivity index (χ0v) is 18.4. The first-order chi connectivity index (χ1) is 14.6. The Hall–Kier alpha value is -3.17. The Morgan fingerprint density at radius 1 is 1.42 bits per heavy atom. The van der Waals surface area contributed by atoms with Gasteiger partial charge >= 0.3 is 0 Å². The summed E-state index contributed by atoms with van der Waals surface area (Å²) in [6, 6.07) is 5.21. The zero-order chi connectivity index (χ0) is 23.2. The number of ether oxygens (including phenoxy) is 1. The second-order valence-electron chi connectivity index (χ2n) is 7.35. The van der Waals surface area contributed by atoms with Gasteiger partial charge in [-0.15, -0.1) is 0 Å². The number of amides is 1. The molecule has 1 N–H and O–H groups in total. The summed E-state index contributed by atoms with van der Waals surface area (Å²) in [6.45, 7) is 1.04. The number of methoxy groups -OCH3 is 1. The second kappa shape index (κ2) is 10.2. The van der Waals surface area contributed by atoms with E-state index >= 15 is 0 Å². The SMILES string of the molecule is COc1cc([N+](=O)[O-])ccc1NC(=O)/C(C#N)=C\N(CCN(C)C)C1CCS(=O)(=O)C1. The Balaban J connectivity index is 2.27. The van der Waals surface area contributed by atoms with Crippen molar-refractivity contribution in [2.24, 2.45) is 0 Å². The van der Waals surface area contributed by atoms with Gasteiger partial charge in [-0.3, -0.25) is 14.9 Å². The predicted octanol–water partition coefficient (Wildman–Crippen LogP) is 1.00. The molecule has 0 bridgehead atoms. The molecule has 1 aliphatic heterocycles. The molecule has 12 heteroatoms. The Morgan fingerprint density at radius 2 is 2.13 bits per heavy atom. The number of nitrogens with zero attached hydrogens (tertiary/aromatic N) is 4. The monoisotopic (exact) mass is 451 g/mol. The van der Waals surface area contributed by atoms with E-state index in [1.165, 1.54) is 25.4 Å². The van der Waals surface area contributed by atoms with E-state index in [2.05, 4.69) is 5.32 Å². The predicted molar refractivity (Wildman–Crippen MR) is 114 cm³/mol. The number of carbonyl (C=O) groups is 1. The molecule has 11 nitrogen and oxygen atoms in total. The lowest BCUT2D eigenvalue weighted by Crippen LogP contribution is -2.37. The average molecular weight is 452 g/mol. The van der Waals surface area contributed by atoms with Crippen LogP contribution in [0.25, 0.3) is 0 Å². The number of hydrogen-bond acceptors (Lipinski definition) is 9. The maximum atomic E-state index is 12.7. The molecule has 1 aromatic carbocycles. The first-order valence-corrected chi connectivity index (χ1v) is 11.2. The number of likely N-dealkylation sites (N-methyl/N-ethyl adjacent to an activating group) is 1. The van der Waals surface area contributed by atoms with Crippen LogP contribution in [0.3, 0.4) is 0 Å². The highest BCUT2D eigenvalue weighted by Crippen LogP contribution is 2.29. The highest BCUT2D eigenvalue weighted by Gasteiger charge is 2.31. The smallest absolute Gasteiger partial charge is 0.273 e. The molecular weight excluding hydrogens is 426 g/mol. The van der Waals surface area contributed by atoms with Crippen LogP contribution in [0.1, 0.15) is 6.42 Å². The molecule has 0 aromatic heterocycles. The van der Waals surface area contributed by atoms with E-state index in [1.807, 2.05) is 25.1 Å². The van der Waals surface area contributed by atoms with Crippen LogP contribution in [-0.4, -0.2) is 80.9 Å². The van der Waals surface area contributed by atoms with Gasteiger partial charge in [0.05, 0.1) is 35.3 Å². The summed E-state index contributed by atoms with van der Waals surface area (Å²) in [6.07, 6.45) is 1.80. The van der Waals surface area contributed by atoms with Crippen LogP contribution in [0.2, 0.25) is 0 Å². The molecule has 1 atom stereocenters. The van der Waals surface area contributed by atoms with Crippen molar-refractivity contribution in [1.29, 1.82) is 5.26 Å². The van der Waals surface area contributed by atoms with Crippen molar-refractivity contribution in [3.8, 4) is 11.8 Å². The van der Waals surface area contributed by atoms with Crippen LogP contribution in [0.4, 0.5) is 11.4 Å². The number of carbonyl (C=O) groups excluding carboxylic acids is 1. The molecule has 2 rings (SSSR count). The molecule has 0 saturated carbocycles. The number of rotatable bonds is 9. The van der Waals surface area contributed by atoms with Crippen molar-refractivity contribution in [2.75, 3.05) is 51.1 Å². The van der Waals surface area contributed by atoms with Gasteiger partial charge in [0.2, 0.25) is 0 Å². The number of sulfone groups is 1. The Kier molecular flexibility index (Phi) is 7.95. The fraction of sp³-hybridized carbons (Fsp3) is 0.474. The molecule has 1 unspecified atom stereocenters. The number of non-ortho nitro benzene ring substituents is 1. The topological polar surface area (TPSA) is 146 Å². The Morgan fingerprint density at radius 3 is 2.65 bits per heavy atom. The van der Waals surface area contributed by atoms with E-state index in [9.17, 15) is 28.6 Å². The summed E-state index contributed by atoms with van der Waals surface area (Å²) in [5.41, 5.74) is -0.255. The quantitative estimate of drug-likeness (QED) is 0.251. The Bertz CT molecular complexity index is 1020. The van der Waals surface area contributed by atoms with Crippen LogP contribution in [0.5, 0.6) is 5.75 Å². The third-order valence-corrected chi connectivity index (χ3v) is 6.54. The fourth-order valence-corrected chi connectivity index (χ4v) is 4.84. The number of anilines is 1. The molecule has 168 valence electrons. The minimum atomic E-state index is -3.15. The van der Waals surface area contributed by atoms with E-state index in [0.717, 1.165) is 6.07 Å². The number of benzene rings is 1. The summed E-state index contributed by atoms with van der Waals surface area (Å²) in [4.78, 5) is 26.7. The van der Waals surface area contributed by atoms with E-state index < -0.39 is 20.7 Å². The van der Waals surface area contributed by atoms with Crippen LogP contribution in [0.15, 0.2) is 30.0 Å². The number of hydrogen-bond donors (Lipinski definition) is 1. The summed E-state index contributed by atoms with van der Waals surface area (Å²) < 4.78 is 28.9. The highest BCUT2D eigenvalue weighted by atomic mass is 32.2. The van der Waals surface area contributed by atoms with E-state index in [1.54, 1.807) is 4.90 Å². The molecule has 1 fully saturated rings. The molecular formula is C19H25N5O6S. The van der Waals surface area contributed by atoms with Gasteiger partial charge in [0.1, 0.15) is 17.4 Å². The molecule has 1 heterocycles. The van der Waals surface area contributed by atoms with Crippen molar-refractivity contribution in [2.45, 2.75) is 12.5 Å². The van der Waals surface area contributed by atoms with Gasteiger partial charge in [-0.05, 0) is 26.6 Å². The Labute approximate surface area is 180 Å². The van der Waals surface area contributed by atoms with E-state index in [0.29, 0.717) is 19.5 Å². The lowest BCUT2D eigenvalue weighted by molar-refractivity contribution is -0.384. The molecule has 1 aliphatic rings. The molecule has 1 amide bonds. The first kappa shape index (κ1) is 24.1. The van der Waals surface area contributed by atoms with Crippen molar-refractivity contribution in [1.82, 2.24) is 9.80 Å². The average Bonchev–Trinajstić information content (AvgIpc) is 3.07. The van der Waals surface area contributed by atoms with Crippen molar-refractivity contribution in [3.63, 3.8) is 0 Å². The highest BCUT2D eigenvalue weighted by molar-refractivity contribution is 7.91. The largest absolute Gasteiger partial charge is 0.494 e. The van der Waals surface area contributed by atoms with Gasteiger partial charge in [0.25, 0.3) is 11.6 Å². The summed E-state index contributed by atoms with van der Waals surface area (Å²) in [7, 11) is 1.89. The van der Waals surface area contributed by atoms with Crippen molar-refractivity contribution in [3.05, 3.63) is 40.1 Å². The molecule has 1 saturated heterocycles. The normalized spacial score (nSPS) is 17.8. The summed E-state index contributed by atoms with van der Waals surface area (Å²) in [5, 5.41) is 23.0.